The SMILES string of the molecule is O=C(Nc1cc(F)c(F)c(Br)c1)c1cc(NC(=O)C2CC2(Cl)Cl)ccc1Cl. The maximum Gasteiger partial charge on any atom is 0.257 e. The van der Waals surface area contributed by atoms with Gasteiger partial charge in [0.1, 0.15) is 4.33 Å². The van der Waals surface area contributed by atoms with Crippen molar-refractivity contribution in [2.75, 3.05) is 10.6 Å². The van der Waals surface area contributed by atoms with Gasteiger partial charge in [-0.25, -0.2) is 8.78 Å². The maximum absolute atomic E-state index is 13.5. The molecule has 0 bridgehead atoms. The summed E-state index contributed by atoms with van der Waals surface area (Å²) >= 11 is 20.6. The molecule has 0 heterocycles. The summed E-state index contributed by atoms with van der Waals surface area (Å²) in [5, 5.41) is 5.14. The van der Waals surface area contributed by atoms with Gasteiger partial charge in [-0.1, -0.05) is 11.6 Å². The first kappa shape index (κ1) is 20.3. The minimum absolute atomic E-state index is 0.0309. The summed E-state index contributed by atoms with van der Waals surface area (Å²) in [5.41, 5.74) is 0.384. The molecule has 2 aromatic carbocycles. The summed E-state index contributed by atoms with van der Waals surface area (Å²) in [7, 11) is 0. The van der Waals surface area contributed by atoms with Crippen molar-refractivity contribution in [2.45, 2.75) is 10.8 Å². The highest BCUT2D eigenvalue weighted by atomic mass is 79.9. The predicted octanol–water partition coefficient (Wildman–Crippen LogP) is 5.77. The van der Waals surface area contributed by atoms with E-state index in [4.69, 9.17) is 34.8 Å². The van der Waals surface area contributed by atoms with Crippen molar-refractivity contribution in [3.8, 4) is 0 Å². The van der Waals surface area contributed by atoms with E-state index in [0.29, 0.717) is 12.1 Å². The zero-order valence-corrected chi connectivity index (χ0v) is 17.1. The average molecular weight is 499 g/mol. The molecule has 142 valence electrons. The molecule has 0 saturated heterocycles. The number of amides is 2. The van der Waals surface area contributed by atoms with Gasteiger partial charge in [0.2, 0.25) is 5.91 Å². The molecule has 1 unspecified atom stereocenters. The highest BCUT2D eigenvalue weighted by molar-refractivity contribution is 9.10. The summed E-state index contributed by atoms with van der Waals surface area (Å²) in [4.78, 5) is 24.5. The Morgan fingerprint density at radius 2 is 1.78 bits per heavy atom. The molecule has 2 amide bonds. The van der Waals surface area contributed by atoms with Crippen LogP contribution in [0.1, 0.15) is 16.8 Å². The van der Waals surface area contributed by atoms with Crippen LogP contribution in [-0.4, -0.2) is 16.1 Å². The Balaban J connectivity index is 1.77. The Morgan fingerprint density at radius 1 is 1.11 bits per heavy atom. The van der Waals surface area contributed by atoms with E-state index in [1.54, 1.807) is 0 Å². The Labute approximate surface area is 176 Å². The summed E-state index contributed by atoms with van der Waals surface area (Å²) in [6.45, 7) is 0. The second-order valence-electron chi connectivity index (χ2n) is 5.91. The highest BCUT2D eigenvalue weighted by Gasteiger charge is 2.56. The van der Waals surface area contributed by atoms with Crippen LogP contribution in [0, 0.1) is 17.6 Å². The van der Waals surface area contributed by atoms with Crippen LogP contribution in [0.15, 0.2) is 34.8 Å². The van der Waals surface area contributed by atoms with Gasteiger partial charge in [-0.3, -0.25) is 9.59 Å². The molecule has 2 aromatic rings. The van der Waals surface area contributed by atoms with Crippen LogP contribution in [0.3, 0.4) is 0 Å². The van der Waals surface area contributed by atoms with E-state index >= 15 is 0 Å². The number of carbonyl (C=O) groups excluding carboxylic acids is 2. The number of anilines is 2. The summed E-state index contributed by atoms with van der Waals surface area (Å²) < 4.78 is 25.6. The van der Waals surface area contributed by atoms with Crippen LogP contribution < -0.4 is 10.6 Å². The van der Waals surface area contributed by atoms with Crippen LogP contribution in [0.5, 0.6) is 0 Å². The molecule has 10 heteroatoms. The minimum Gasteiger partial charge on any atom is -0.326 e. The van der Waals surface area contributed by atoms with Crippen LogP contribution in [0.4, 0.5) is 20.2 Å². The largest absolute Gasteiger partial charge is 0.326 e. The Morgan fingerprint density at radius 3 is 2.37 bits per heavy atom. The van der Waals surface area contributed by atoms with Gasteiger partial charge in [0.05, 0.1) is 21.0 Å². The molecule has 1 aliphatic carbocycles. The number of hydrogen-bond donors (Lipinski definition) is 2. The molecule has 2 N–H and O–H groups in total. The van der Waals surface area contributed by atoms with E-state index in [1.807, 2.05) is 0 Å². The van der Waals surface area contributed by atoms with E-state index in [-0.39, 0.29) is 26.7 Å². The molecular weight excluding hydrogens is 488 g/mol. The topological polar surface area (TPSA) is 58.2 Å². The van der Waals surface area contributed by atoms with Gasteiger partial charge in [0, 0.05) is 17.4 Å². The third-order valence-corrected chi connectivity index (χ3v) is 5.60. The fraction of sp³-hybridized carbons (Fsp3) is 0.176. The van der Waals surface area contributed by atoms with Gasteiger partial charge in [-0.15, -0.1) is 23.2 Å². The van der Waals surface area contributed by atoms with Gasteiger partial charge in [-0.2, -0.15) is 0 Å². The first-order chi connectivity index (χ1) is 12.6. The van der Waals surface area contributed by atoms with Gasteiger partial charge in [-0.05, 0) is 46.6 Å². The number of nitrogens with one attached hydrogen (secondary N) is 2. The maximum atomic E-state index is 13.5. The molecule has 1 atom stereocenters. The lowest BCUT2D eigenvalue weighted by atomic mass is 10.1. The van der Waals surface area contributed by atoms with E-state index in [0.717, 1.165) is 6.07 Å². The molecule has 0 radical (unpaired) electrons. The van der Waals surface area contributed by atoms with E-state index < -0.39 is 27.8 Å². The standard InChI is InChI=1S/C17H10BrCl3F2N2O2/c18-11-4-8(5-13(22)14(11)23)25-15(26)9-3-7(1-2-12(9)19)24-16(27)10-6-17(10,20)21/h1-5,10H,6H2,(H,24,27)(H,25,26). The lowest BCUT2D eigenvalue weighted by molar-refractivity contribution is -0.117. The van der Waals surface area contributed by atoms with Crippen LogP contribution >= 0.6 is 50.7 Å². The molecule has 0 aliphatic heterocycles. The van der Waals surface area contributed by atoms with Gasteiger partial charge in [0.15, 0.2) is 11.6 Å². The lowest BCUT2D eigenvalue weighted by Gasteiger charge is -2.11. The third-order valence-electron chi connectivity index (χ3n) is 3.86. The number of benzene rings is 2. The smallest absolute Gasteiger partial charge is 0.257 e. The van der Waals surface area contributed by atoms with Crippen molar-refractivity contribution in [2.24, 2.45) is 5.92 Å². The van der Waals surface area contributed by atoms with Crippen molar-refractivity contribution < 1.29 is 18.4 Å². The van der Waals surface area contributed by atoms with Gasteiger partial charge >= 0.3 is 0 Å². The summed E-state index contributed by atoms with van der Waals surface area (Å²) in [6.07, 6.45) is 0.341. The summed E-state index contributed by atoms with van der Waals surface area (Å²) in [5.74, 6) is -3.76. The predicted molar refractivity (Wildman–Crippen MR) is 105 cm³/mol. The molecule has 1 fully saturated rings. The molecule has 0 aromatic heterocycles. The monoisotopic (exact) mass is 496 g/mol. The van der Waals surface area contributed by atoms with Crippen molar-refractivity contribution >= 4 is 73.9 Å². The first-order valence-corrected chi connectivity index (χ1v) is 9.45. The van der Waals surface area contributed by atoms with Crippen molar-refractivity contribution in [1.29, 1.82) is 0 Å². The van der Waals surface area contributed by atoms with Gasteiger partial charge in [0.25, 0.3) is 5.91 Å². The zero-order valence-electron chi connectivity index (χ0n) is 13.3. The first-order valence-electron chi connectivity index (χ1n) is 7.52. The fourth-order valence-corrected chi connectivity index (χ4v) is 3.48. The lowest BCUT2D eigenvalue weighted by Crippen LogP contribution is -2.18. The summed E-state index contributed by atoms with van der Waals surface area (Å²) in [6, 6.07) is 6.35. The number of rotatable bonds is 4. The Bertz CT molecular complexity index is 933. The van der Waals surface area contributed by atoms with E-state index in [1.165, 1.54) is 24.3 Å². The van der Waals surface area contributed by atoms with E-state index in [2.05, 4.69) is 26.6 Å². The third kappa shape index (κ3) is 4.54. The Hall–Kier alpha value is -1.41. The fourth-order valence-electron chi connectivity index (χ4n) is 2.33. The Kier molecular flexibility index (Phi) is 5.68. The molecule has 3 rings (SSSR count). The quantitative estimate of drug-likeness (QED) is 0.416. The molecule has 0 spiro atoms. The van der Waals surface area contributed by atoms with Crippen molar-refractivity contribution in [3.05, 3.63) is 57.0 Å². The second kappa shape index (κ2) is 7.54. The van der Waals surface area contributed by atoms with Crippen molar-refractivity contribution in [1.82, 2.24) is 0 Å². The molecule has 1 saturated carbocycles. The second-order valence-corrected chi connectivity index (χ2v) is 8.71. The highest BCUT2D eigenvalue weighted by Crippen LogP contribution is 2.53. The molecule has 4 nitrogen and oxygen atoms in total. The van der Waals surface area contributed by atoms with Crippen LogP contribution in [0.2, 0.25) is 5.02 Å². The number of alkyl halides is 2. The van der Waals surface area contributed by atoms with Crippen LogP contribution in [-0.2, 0) is 4.79 Å². The van der Waals surface area contributed by atoms with E-state index in [9.17, 15) is 18.4 Å². The number of carbonyl (C=O) groups is 2. The molecular formula is C17H10BrCl3F2N2O2. The molecule has 27 heavy (non-hydrogen) atoms. The number of halogens is 6. The van der Waals surface area contributed by atoms with Crippen LogP contribution in [0.25, 0.3) is 0 Å². The number of hydrogen-bond acceptors (Lipinski definition) is 2. The normalized spacial score (nSPS) is 17.3. The van der Waals surface area contributed by atoms with Gasteiger partial charge < -0.3 is 10.6 Å². The molecule has 1 aliphatic rings. The minimum atomic E-state index is -1.12. The zero-order chi connectivity index (χ0) is 19.9. The van der Waals surface area contributed by atoms with Crippen molar-refractivity contribution in [3.63, 3.8) is 0 Å². The average Bonchev–Trinajstić information content (AvgIpc) is 3.23.